The Morgan fingerprint density at radius 2 is 1.88 bits per heavy atom. The van der Waals surface area contributed by atoms with Crippen LogP contribution in [0.3, 0.4) is 0 Å². The van der Waals surface area contributed by atoms with Gasteiger partial charge in [-0.15, -0.1) is 0 Å². The molecule has 0 unspecified atom stereocenters. The van der Waals surface area contributed by atoms with Gasteiger partial charge in [-0.1, -0.05) is 20.8 Å². The van der Waals surface area contributed by atoms with Crippen LogP contribution < -0.4 is 5.32 Å². The zero-order valence-corrected chi connectivity index (χ0v) is 19.1. The second-order valence-electron chi connectivity index (χ2n) is 9.93. The third-order valence-corrected chi connectivity index (χ3v) is 5.86. The summed E-state index contributed by atoms with van der Waals surface area (Å²) in [6, 6.07) is 9.78. The highest BCUT2D eigenvalue weighted by Gasteiger charge is 2.37. The minimum absolute atomic E-state index is 0.0736. The van der Waals surface area contributed by atoms with Crippen LogP contribution in [0.15, 0.2) is 40.8 Å². The van der Waals surface area contributed by atoms with Crippen LogP contribution in [-0.2, 0) is 10.2 Å². The molecule has 0 radical (unpaired) electrons. The first-order valence-electron chi connectivity index (χ1n) is 10.8. The van der Waals surface area contributed by atoms with Crippen LogP contribution >= 0.6 is 0 Å². The van der Waals surface area contributed by atoms with Crippen LogP contribution in [0, 0.1) is 5.82 Å². The summed E-state index contributed by atoms with van der Waals surface area (Å²) in [6.07, 6.45) is 0.221. The van der Waals surface area contributed by atoms with Crippen LogP contribution in [-0.4, -0.2) is 40.3 Å². The van der Waals surface area contributed by atoms with Gasteiger partial charge in [-0.05, 0) is 49.6 Å². The maximum Gasteiger partial charge on any atom is 0.290 e. The summed E-state index contributed by atoms with van der Waals surface area (Å²) in [6.45, 7) is 10.7. The molecule has 0 spiro atoms. The zero-order valence-electron chi connectivity index (χ0n) is 19.1. The fourth-order valence-corrected chi connectivity index (χ4v) is 4.12. The van der Waals surface area contributed by atoms with Gasteiger partial charge in [0.05, 0.1) is 5.69 Å². The van der Waals surface area contributed by atoms with Gasteiger partial charge in [0.2, 0.25) is 5.91 Å². The van der Waals surface area contributed by atoms with E-state index >= 15 is 0 Å². The molecular weight excluding hydrogens is 409 g/mol. The minimum Gasteiger partial charge on any atom is -0.449 e. The maximum absolute atomic E-state index is 13.4. The van der Waals surface area contributed by atoms with E-state index in [4.69, 9.17) is 9.40 Å². The molecule has 0 bridgehead atoms. The summed E-state index contributed by atoms with van der Waals surface area (Å²) in [5.74, 6) is -0.463. The van der Waals surface area contributed by atoms with Crippen LogP contribution in [0.25, 0.3) is 22.4 Å². The van der Waals surface area contributed by atoms with E-state index in [1.807, 2.05) is 19.9 Å². The van der Waals surface area contributed by atoms with E-state index in [1.54, 1.807) is 23.1 Å². The molecule has 0 atom stereocenters. The molecule has 7 heteroatoms. The molecule has 32 heavy (non-hydrogen) atoms. The van der Waals surface area contributed by atoms with E-state index in [9.17, 15) is 14.0 Å². The van der Waals surface area contributed by atoms with E-state index in [-0.39, 0.29) is 35.2 Å². The number of nitrogens with one attached hydrogen (secondary N) is 1. The molecule has 1 fully saturated rings. The smallest absolute Gasteiger partial charge is 0.290 e. The first-order chi connectivity index (χ1) is 15.0. The average molecular weight is 438 g/mol. The summed E-state index contributed by atoms with van der Waals surface area (Å²) in [4.78, 5) is 31.8. The van der Waals surface area contributed by atoms with Gasteiger partial charge < -0.3 is 14.6 Å². The Morgan fingerprint density at radius 1 is 1.19 bits per heavy atom. The molecule has 0 saturated carbocycles. The van der Waals surface area contributed by atoms with Crippen molar-refractivity contribution in [3.8, 4) is 11.3 Å². The van der Waals surface area contributed by atoms with Gasteiger partial charge in [-0.3, -0.25) is 9.59 Å². The quantitative estimate of drug-likeness (QED) is 0.632. The van der Waals surface area contributed by atoms with E-state index in [0.717, 1.165) is 11.1 Å². The van der Waals surface area contributed by atoms with E-state index in [0.29, 0.717) is 29.9 Å². The van der Waals surface area contributed by atoms with Crippen molar-refractivity contribution < 1.29 is 18.4 Å². The van der Waals surface area contributed by atoms with Crippen molar-refractivity contribution in [3.05, 3.63) is 53.5 Å². The van der Waals surface area contributed by atoms with Crippen LogP contribution in [0.5, 0.6) is 0 Å². The van der Waals surface area contributed by atoms with E-state index in [1.165, 1.54) is 12.1 Å². The number of aromatic nitrogens is 1. The monoisotopic (exact) mass is 437 g/mol. The maximum atomic E-state index is 13.4. The topological polar surface area (TPSA) is 75.4 Å². The summed E-state index contributed by atoms with van der Waals surface area (Å²) in [7, 11) is 0. The molecule has 3 heterocycles. The molecule has 3 aromatic rings. The summed E-state index contributed by atoms with van der Waals surface area (Å²) in [5.41, 5.74) is 2.60. The van der Waals surface area contributed by atoms with Crippen molar-refractivity contribution >= 4 is 22.9 Å². The number of fused-ring (bicyclic) bond motifs is 1. The number of pyridine rings is 1. The number of hydrogen-bond acceptors (Lipinski definition) is 4. The molecule has 2 aromatic heterocycles. The lowest BCUT2D eigenvalue weighted by Crippen LogP contribution is -2.48. The number of carbonyl (C=O) groups is 2. The van der Waals surface area contributed by atoms with Gasteiger partial charge in [0.25, 0.3) is 5.91 Å². The fourth-order valence-electron chi connectivity index (χ4n) is 4.12. The Hall–Kier alpha value is -3.22. The first kappa shape index (κ1) is 22.0. The molecule has 6 nitrogen and oxygen atoms in total. The predicted octanol–water partition coefficient (Wildman–Crippen LogP) is 4.67. The standard InChI is InChI=1S/C25H28FN3O3/c1-24(2,3)17-12-18(15-6-8-16(26)9-7-15)28-19-13-20(32-22(17)19)23(31)29-11-10-27-21(30)14-25(29,4)5/h6-9,12-13H,10-11,14H2,1-5H3,(H,27,30). The van der Waals surface area contributed by atoms with Gasteiger partial charge >= 0.3 is 0 Å². The third-order valence-electron chi connectivity index (χ3n) is 5.86. The number of rotatable bonds is 2. The minimum atomic E-state index is -0.643. The van der Waals surface area contributed by atoms with Gasteiger partial charge in [0.1, 0.15) is 11.3 Å². The highest BCUT2D eigenvalue weighted by atomic mass is 19.1. The number of halogens is 1. The summed E-state index contributed by atoms with van der Waals surface area (Å²) in [5, 5.41) is 2.82. The zero-order chi connectivity index (χ0) is 23.3. The molecule has 1 aliphatic rings. The first-order valence-corrected chi connectivity index (χ1v) is 10.8. The predicted molar refractivity (Wildman–Crippen MR) is 121 cm³/mol. The molecule has 0 aliphatic carbocycles. The lowest BCUT2D eigenvalue weighted by atomic mass is 9.86. The molecule has 1 aromatic carbocycles. The van der Waals surface area contributed by atoms with Crippen LogP contribution in [0.2, 0.25) is 0 Å². The van der Waals surface area contributed by atoms with E-state index < -0.39 is 5.54 Å². The SMILES string of the molecule is CC(C)(C)c1cc(-c2ccc(F)cc2)nc2cc(C(=O)N3CCNC(=O)CC3(C)C)oc12. The number of amides is 2. The Morgan fingerprint density at radius 3 is 2.53 bits per heavy atom. The Balaban J connectivity index is 1.81. The molecule has 1 aliphatic heterocycles. The second kappa shape index (κ2) is 7.73. The highest BCUT2D eigenvalue weighted by molar-refractivity contribution is 5.97. The lowest BCUT2D eigenvalue weighted by molar-refractivity contribution is -0.122. The fraction of sp³-hybridized carbons (Fsp3) is 0.400. The number of benzene rings is 1. The van der Waals surface area contributed by atoms with Crippen molar-refractivity contribution in [1.29, 1.82) is 0 Å². The Labute approximate surface area is 186 Å². The normalized spacial score (nSPS) is 16.7. The van der Waals surface area contributed by atoms with Crippen molar-refractivity contribution in [3.63, 3.8) is 0 Å². The average Bonchev–Trinajstić information content (AvgIpc) is 3.07. The number of furan rings is 1. The number of nitrogens with zero attached hydrogens (tertiary/aromatic N) is 2. The molecule has 168 valence electrons. The molecule has 1 N–H and O–H groups in total. The molecule has 4 rings (SSSR count). The van der Waals surface area contributed by atoms with Crippen LogP contribution in [0.1, 0.15) is 57.2 Å². The van der Waals surface area contributed by atoms with E-state index in [2.05, 4.69) is 26.1 Å². The Bertz CT molecular complexity index is 1190. The number of carbonyl (C=O) groups excluding carboxylic acids is 2. The van der Waals surface area contributed by atoms with Crippen LogP contribution in [0.4, 0.5) is 4.39 Å². The largest absolute Gasteiger partial charge is 0.449 e. The number of hydrogen-bond donors (Lipinski definition) is 1. The second-order valence-corrected chi connectivity index (χ2v) is 9.93. The highest BCUT2D eigenvalue weighted by Crippen LogP contribution is 2.35. The van der Waals surface area contributed by atoms with Crippen molar-refractivity contribution in [2.75, 3.05) is 13.1 Å². The van der Waals surface area contributed by atoms with Crippen molar-refractivity contribution in [1.82, 2.24) is 15.2 Å². The molecule has 2 amide bonds. The van der Waals surface area contributed by atoms with Gasteiger partial charge in [-0.2, -0.15) is 0 Å². The molecule has 1 saturated heterocycles. The summed E-state index contributed by atoms with van der Waals surface area (Å²) >= 11 is 0. The van der Waals surface area contributed by atoms with Gasteiger partial charge in [-0.25, -0.2) is 9.37 Å². The lowest BCUT2D eigenvalue weighted by Gasteiger charge is -2.35. The van der Waals surface area contributed by atoms with Gasteiger partial charge in [0.15, 0.2) is 11.3 Å². The summed E-state index contributed by atoms with van der Waals surface area (Å²) < 4.78 is 19.5. The van der Waals surface area contributed by atoms with Crippen molar-refractivity contribution in [2.45, 2.75) is 52.0 Å². The van der Waals surface area contributed by atoms with Gasteiger partial charge in [0, 0.05) is 42.2 Å². The Kier molecular flexibility index (Phi) is 5.31. The molecular formula is C25H28FN3O3. The third kappa shape index (κ3) is 4.11. The van der Waals surface area contributed by atoms with Crippen molar-refractivity contribution in [2.24, 2.45) is 0 Å².